The second kappa shape index (κ2) is 13.9. The molecule has 9 nitrogen and oxygen atoms in total. The topological polar surface area (TPSA) is 100 Å². The van der Waals surface area contributed by atoms with Crippen molar-refractivity contribution < 1.29 is 23.9 Å². The maximum absolute atomic E-state index is 14.3. The lowest BCUT2D eigenvalue weighted by atomic mass is 9.61. The van der Waals surface area contributed by atoms with Crippen molar-refractivity contribution in [3.63, 3.8) is 0 Å². The van der Waals surface area contributed by atoms with E-state index < -0.39 is 28.6 Å². The fraction of sp³-hybridized carbons (Fsp3) is 0.595. The van der Waals surface area contributed by atoms with Gasteiger partial charge in [0.2, 0.25) is 11.5 Å². The van der Waals surface area contributed by atoms with Crippen LogP contribution in [0, 0.1) is 19.3 Å². The first-order valence-electron chi connectivity index (χ1n) is 16.9. The number of carbonyl (C=O) groups is 3. The lowest BCUT2D eigenvalue weighted by Gasteiger charge is -2.60. The summed E-state index contributed by atoms with van der Waals surface area (Å²) in [6, 6.07) is 14.6. The van der Waals surface area contributed by atoms with Crippen LogP contribution in [0.1, 0.15) is 77.0 Å². The van der Waals surface area contributed by atoms with E-state index >= 15 is 0 Å². The Morgan fingerprint density at radius 1 is 1.13 bits per heavy atom. The Balaban J connectivity index is 1.38. The molecule has 0 aromatic heterocycles. The van der Waals surface area contributed by atoms with Gasteiger partial charge < -0.3 is 20.1 Å². The van der Waals surface area contributed by atoms with Crippen molar-refractivity contribution in [1.82, 2.24) is 20.4 Å². The van der Waals surface area contributed by atoms with E-state index in [-0.39, 0.29) is 29.2 Å². The van der Waals surface area contributed by atoms with Gasteiger partial charge in [-0.15, -0.1) is 11.6 Å². The molecular weight excluding hydrogens is 616 g/mol. The number of Topliss-reactive ketones (excluding diaryl/α,β-unsaturated/α-hetero) is 1. The number of β-lactam (4-membered cyclic amide) rings is 1. The molecule has 0 bridgehead atoms. The molecule has 2 aliphatic heterocycles. The van der Waals surface area contributed by atoms with Gasteiger partial charge in [-0.1, -0.05) is 75.7 Å². The lowest BCUT2D eigenvalue weighted by molar-refractivity contribution is -0.176. The van der Waals surface area contributed by atoms with Gasteiger partial charge in [-0.05, 0) is 63.6 Å². The molecule has 47 heavy (non-hydrogen) atoms. The smallest absolute Gasteiger partial charge is 0.267 e. The SMILES string of the molecule is CCOC1CN(C(C(=O)NC2CC3(CCC2Cl)NC(=O)C3(CC)Oc2ccc(C)cc2C)C(=O)C(C)(C)C)CN1Cc1ccccc1. The average Bonchev–Trinajstić information content (AvgIpc) is 3.39. The van der Waals surface area contributed by atoms with E-state index in [1.807, 2.05) is 89.8 Å². The average molecular weight is 667 g/mol. The number of aryl methyl sites for hydroxylation is 2. The molecule has 6 atom stereocenters. The van der Waals surface area contributed by atoms with Crippen LogP contribution >= 0.6 is 11.6 Å². The van der Waals surface area contributed by atoms with E-state index in [4.69, 9.17) is 21.1 Å². The van der Waals surface area contributed by atoms with E-state index in [2.05, 4.69) is 27.7 Å². The third kappa shape index (κ3) is 6.95. The van der Waals surface area contributed by atoms with Gasteiger partial charge in [-0.2, -0.15) is 0 Å². The van der Waals surface area contributed by atoms with Crippen LogP contribution < -0.4 is 15.4 Å². The van der Waals surface area contributed by atoms with Gasteiger partial charge in [0.15, 0.2) is 11.8 Å². The standard InChI is InChI=1S/C37H51ClN4O5/c1-8-37(47-29-16-15-24(3)19-25(29)4)34(45)40-36(37)18-17-27(38)28(20-36)39-33(44)31(32(43)35(5,6)7)42-22-30(46-9-2)41(23-42)21-26-13-11-10-12-14-26/h10-16,19,27-28,30-31H,8-9,17-18,20-23H2,1-7H3,(H,39,44)(H,40,45). The summed E-state index contributed by atoms with van der Waals surface area (Å²) in [4.78, 5) is 45.8. The summed E-state index contributed by atoms with van der Waals surface area (Å²) in [7, 11) is 0. The van der Waals surface area contributed by atoms with E-state index in [0.717, 1.165) is 16.7 Å². The molecule has 2 aromatic rings. The van der Waals surface area contributed by atoms with Crippen LogP contribution in [-0.2, 0) is 25.7 Å². The summed E-state index contributed by atoms with van der Waals surface area (Å²) in [5, 5.41) is 6.01. The third-order valence-electron chi connectivity index (χ3n) is 10.1. The summed E-state index contributed by atoms with van der Waals surface area (Å²) < 4.78 is 12.7. The van der Waals surface area contributed by atoms with Crippen molar-refractivity contribution in [2.24, 2.45) is 5.41 Å². The van der Waals surface area contributed by atoms with Crippen LogP contribution in [0.25, 0.3) is 0 Å². The van der Waals surface area contributed by atoms with Crippen LogP contribution in [0.2, 0.25) is 0 Å². The van der Waals surface area contributed by atoms with Crippen molar-refractivity contribution >= 4 is 29.2 Å². The number of hydrogen-bond donors (Lipinski definition) is 2. The Morgan fingerprint density at radius 3 is 2.47 bits per heavy atom. The number of ether oxygens (including phenoxy) is 2. The number of hydrogen-bond acceptors (Lipinski definition) is 7. The molecule has 1 aliphatic carbocycles. The monoisotopic (exact) mass is 666 g/mol. The number of halogens is 1. The molecule has 2 aromatic carbocycles. The van der Waals surface area contributed by atoms with Gasteiger partial charge in [-0.25, -0.2) is 0 Å². The Kier molecular flexibility index (Phi) is 10.4. The predicted molar refractivity (Wildman–Crippen MR) is 183 cm³/mol. The van der Waals surface area contributed by atoms with E-state index in [1.54, 1.807) is 0 Å². The van der Waals surface area contributed by atoms with Crippen LogP contribution in [0.5, 0.6) is 5.75 Å². The fourth-order valence-corrected chi connectivity index (χ4v) is 7.79. The van der Waals surface area contributed by atoms with Crippen LogP contribution in [0.15, 0.2) is 48.5 Å². The number of amides is 2. The van der Waals surface area contributed by atoms with Crippen LogP contribution in [-0.4, -0.2) is 82.0 Å². The minimum Gasteiger partial charge on any atom is -0.475 e. The van der Waals surface area contributed by atoms with Gasteiger partial charge in [-0.3, -0.25) is 24.2 Å². The van der Waals surface area contributed by atoms with Gasteiger partial charge in [0.05, 0.1) is 17.6 Å². The molecule has 2 heterocycles. The molecule has 1 saturated carbocycles. The fourth-order valence-electron chi connectivity index (χ4n) is 7.53. The number of alkyl halides is 1. The lowest BCUT2D eigenvalue weighted by Crippen LogP contribution is -2.85. The zero-order valence-corrected chi connectivity index (χ0v) is 29.7. The second-order valence-corrected chi connectivity index (χ2v) is 15.1. The van der Waals surface area contributed by atoms with E-state index in [9.17, 15) is 14.4 Å². The second-order valence-electron chi connectivity index (χ2n) is 14.5. The zero-order valence-electron chi connectivity index (χ0n) is 28.9. The van der Waals surface area contributed by atoms with Crippen LogP contribution in [0.3, 0.4) is 0 Å². The molecule has 2 saturated heterocycles. The Morgan fingerprint density at radius 2 is 1.85 bits per heavy atom. The van der Waals surface area contributed by atoms with Gasteiger partial charge in [0.1, 0.15) is 12.0 Å². The first kappa shape index (κ1) is 35.3. The molecule has 0 radical (unpaired) electrons. The van der Waals surface area contributed by atoms with Crippen molar-refractivity contribution in [2.45, 2.75) is 116 Å². The molecule has 5 rings (SSSR count). The van der Waals surface area contributed by atoms with Crippen molar-refractivity contribution in [3.8, 4) is 5.75 Å². The minimum atomic E-state index is -1.09. The molecule has 10 heteroatoms. The summed E-state index contributed by atoms with van der Waals surface area (Å²) in [6.45, 7) is 15.4. The molecule has 6 unspecified atom stereocenters. The van der Waals surface area contributed by atoms with Crippen molar-refractivity contribution in [1.29, 1.82) is 0 Å². The van der Waals surface area contributed by atoms with Crippen LogP contribution in [0.4, 0.5) is 0 Å². The van der Waals surface area contributed by atoms with Gasteiger partial charge >= 0.3 is 0 Å². The van der Waals surface area contributed by atoms with Crippen molar-refractivity contribution in [3.05, 3.63) is 65.2 Å². The highest BCUT2D eigenvalue weighted by Crippen LogP contribution is 2.49. The number of carbonyl (C=O) groups excluding carboxylic acids is 3. The largest absolute Gasteiger partial charge is 0.475 e. The Hall–Kier alpha value is -2.98. The normalized spacial score (nSPS) is 28.9. The molecule has 3 aliphatic rings. The number of nitrogens with one attached hydrogen (secondary N) is 2. The molecule has 2 N–H and O–H groups in total. The summed E-state index contributed by atoms with van der Waals surface area (Å²) in [5.41, 5.74) is 0.651. The maximum Gasteiger partial charge on any atom is 0.267 e. The van der Waals surface area contributed by atoms with E-state index in [1.165, 1.54) is 0 Å². The first-order chi connectivity index (χ1) is 22.2. The molecule has 1 spiro atoms. The highest BCUT2D eigenvalue weighted by Gasteiger charge is 2.69. The highest BCUT2D eigenvalue weighted by atomic mass is 35.5. The van der Waals surface area contributed by atoms with E-state index in [0.29, 0.717) is 57.8 Å². The third-order valence-corrected chi connectivity index (χ3v) is 10.7. The number of benzene rings is 2. The summed E-state index contributed by atoms with van der Waals surface area (Å²) >= 11 is 6.93. The molecule has 3 fully saturated rings. The first-order valence-corrected chi connectivity index (χ1v) is 17.4. The van der Waals surface area contributed by atoms with Crippen molar-refractivity contribution in [2.75, 3.05) is 19.8 Å². The number of nitrogens with zero attached hydrogens (tertiary/aromatic N) is 2. The molecule has 2 amide bonds. The summed E-state index contributed by atoms with van der Waals surface area (Å²) in [5.74, 6) is -0.0237. The number of rotatable bonds is 11. The summed E-state index contributed by atoms with van der Waals surface area (Å²) in [6.07, 6.45) is 1.80. The Labute approximate surface area is 284 Å². The minimum absolute atomic E-state index is 0.156. The maximum atomic E-state index is 14.3. The Bertz CT molecular complexity index is 1460. The highest BCUT2D eigenvalue weighted by molar-refractivity contribution is 6.21. The van der Waals surface area contributed by atoms with Gasteiger partial charge in [0, 0.05) is 31.2 Å². The van der Waals surface area contributed by atoms with Gasteiger partial charge in [0.25, 0.3) is 5.91 Å². The molecule has 256 valence electrons. The predicted octanol–water partition coefficient (Wildman–Crippen LogP) is 5.10. The molecular formula is C37H51ClN4O5. The number of ketones is 1. The quantitative estimate of drug-likeness (QED) is 0.196. The zero-order chi connectivity index (χ0) is 34.1.